The van der Waals surface area contributed by atoms with Crippen molar-refractivity contribution in [2.45, 2.75) is 12.5 Å². The summed E-state index contributed by atoms with van der Waals surface area (Å²) in [5, 5.41) is 0.966. The number of benzene rings is 2. The van der Waals surface area contributed by atoms with E-state index in [1.807, 2.05) is 24.3 Å². The van der Waals surface area contributed by atoms with Crippen molar-refractivity contribution in [3.05, 3.63) is 75.8 Å². The highest BCUT2D eigenvalue weighted by Gasteiger charge is 2.28. The van der Waals surface area contributed by atoms with Crippen LogP contribution in [-0.4, -0.2) is 30.2 Å². The van der Waals surface area contributed by atoms with Gasteiger partial charge in [0.05, 0.1) is 22.7 Å². The monoisotopic (exact) mass is 361 g/mol. The van der Waals surface area contributed by atoms with Crippen molar-refractivity contribution in [1.29, 1.82) is 0 Å². The van der Waals surface area contributed by atoms with E-state index in [2.05, 4.69) is 12.1 Å². The molecule has 1 atom stereocenters. The molecule has 0 radical (unpaired) electrons. The molecule has 1 saturated heterocycles. The first-order chi connectivity index (χ1) is 11.6. The predicted molar refractivity (Wildman–Crippen MR) is 97.1 cm³/mol. The lowest BCUT2D eigenvalue weighted by atomic mass is 10.1. The molecular weight excluding hydrogens is 345 g/mol. The summed E-state index contributed by atoms with van der Waals surface area (Å²) in [4.78, 5) is 14.2. The van der Waals surface area contributed by atoms with Crippen molar-refractivity contribution in [2.24, 2.45) is 0 Å². The van der Waals surface area contributed by atoms with Gasteiger partial charge in [0.1, 0.15) is 6.73 Å². The van der Waals surface area contributed by atoms with Crippen LogP contribution in [0.3, 0.4) is 0 Å². The van der Waals surface area contributed by atoms with Crippen LogP contribution in [0.15, 0.2) is 54.6 Å². The van der Waals surface area contributed by atoms with Crippen LogP contribution in [-0.2, 0) is 16.0 Å². The van der Waals surface area contributed by atoms with Gasteiger partial charge in [-0.2, -0.15) is 0 Å². The Balaban J connectivity index is 1.66. The maximum atomic E-state index is 12.5. The highest BCUT2D eigenvalue weighted by atomic mass is 35.5. The van der Waals surface area contributed by atoms with Crippen LogP contribution in [0.2, 0.25) is 10.0 Å². The number of ether oxygens (including phenoxy) is 1. The molecule has 1 aliphatic heterocycles. The van der Waals surface area contributed by atoms with Gasteiger partial charge in [-0.15, -0.1) is 0 Å². The zero-order valence-electron chi connectivity index (χ0n) is 13.0. The zero-order chi connectivity index (χ0) is 16.9. The van der Waals surface area contributed by atoms with Gasteiger partial charge in [0.15, 0.2) is 0 Å². The fourth-order valence-corrected chi connectivity index (χ4v) is 2.97. The summed E-state index contributed by atoms with van der Waals surface area (Å²) in [5.41, 5.74) is 2.02. The molecule has 0 spiro atoms. The molecular formula is C19H17Cl2NO2. The summed E-state index contributed by atoms with van der Waals surface area (Å²) in [6.45, 7) is 0.878. The number of halogens is 2. The summed E-state index contributed by atoms with van der Waals surface area (Å²) in [6.07, 6.45) is 4.07. The fourth-order valence-electron chi connectivity index (χ4n) is 2.66. The Morgan fingerprint density at radius 2 is 1.96 bits per heavy atom. The van der Waals surface area contributed by atoms with Gasteiger partial charge in [-0.25, -0.2) is 0 Å². The van der Waals surface area contributed by atoms with E-state index < -0.39 is 0 Å². The summed E-state index contributed by atoms with van der Waals surface area (Å²) in [6, 6.07) is 15.4. The predicted octanol–water partition coefficient (Wildman–Crippen LogP) is 4.43. The smallest absolute Gasteiger partial charge is 0.248 e. The average molecular weight is 362 g/mol. The van der Waals surface area contributed by atoms with Gasteiger partial charge in [0.2, 0.25) is 5.91 Å². The Morgan fingerprint density at radius 3 is 2.71 bits per heavy atom. The third-order valence-electron chi connectivity index (χ3n) is 3.94. The molecule has 0 N–H and O–H groups in total. The minimum absolute atomic E-state index is 0.0540. The highest BCUT2D eigenvalue weighted by Crippen LogP contribution is 2.23. The van der Waals surface area contributed by atoms with Gasteiger partial charge in [0.25, 0.3) is 0 Å². The topological polar surface area (TPSA) is 29.5 Å². The molecule has 1 heterocycles. The van der Waals surface area contributed by atoms with Gasteiger partial charge < -0.3 is 9.64 Å². The van der Waals surface area contributed by atoms with Gasteiger partial charge in [-0.05, 0) is 35.8 Å². The van der Waals surface area contributed by atoms with Crippen LogP contribution in [0.4, 0.5) is 0 Å². The number of hydrogen-bond donors (Lipinski definition) is 0. The van der Waals surface area contributed by atoms with E-state index in [0.29, 0.717) is 23.4 Å². The molecule has 1 unspecified atom stereocenters. The normalized spacial score (nSPS) is 17.6. The summed E-state index contributed by atoms with van der Waals surface area (Å²) in [5.74, 6) is -0.0699. The van der Waals surface area contributed by atoms with E-state index in [9.17, 15) is 4.79 Å². The Kier molecular flexibility index (Phi) is 5.56. The van der Waals surface area contributed by atoms with Crippen molar-refractivity contribution in [3.8, 4) is 0 Å². The fraction of sp³-hybridized carbons (Fsp3) is 0.211. The van der Waals surface area contributed by atoms with Gasteiger partial charge in [0, 0.05) is 6.08 Å². The summed E-state index contributed by atoms with van der Waals surface area (Å²) >= 11 is 11.9. The third kappa shape index (κ3) is 4.18. The Labute approximate surface area is 151 Å². The van der Waals surface area contributed by atoms with Crippen LogP contribution in [0.5, 0.6) is 0 Å². The van der Waals surface area contributed by atoms with E-state index in [1.54, 1.807) is 29.2 Å². The molecule has 3 nitrogen and oxygen atoms in total. The molecule has 0 aliphatic carbocycles. The number of carbonyl (C=O) groups excluding carboxylic acids is 1. The molecule has 24 heavy (non-hydrogen) atoms. The molecule has 2 aromatic carbocycles. The quantitative estimate of drug-likeness (QED) is 0.753. The van der Waals surface area contributed by atoms with E-state index in [1.165, 1.54) is 5.56 Å². The SMILES string of the molecule is O=C(C=Cc1ccc(Cl)c(Cl)c1)N1COCC1Cc1ccccc1. The molecule has 1 fully saturated rings. The first kappa shape index (κ1) is 17.0. The first-order valence-electron chi connectivity index (χ1n) is 7.69. The van der Waals surface area contributed by atoms with Crippen LogP contribution in [0, 0.1) is 0 Å². The van der Waals surface area contributed by atoms with Crippen molar-refractivity contribution < 1.29 is 9.53 Å². The second-order valence-electron chi connectivity index (χ2n) is 5.66. The number of carbonyl (C=O) groups is 1. The second kappa shape index (κ2) is 7.84. The van der Waals surface area contributed by atoms with E-state index >= 15 is 0 Å². The maximum Gasteiger partial charge on any atom is 0.248 e. The van der Waals surface area contributed by atoms with E-state index in [4.69, 9.17) is 27.9 Å². The van der Waals surface area contributed by atoms with E-state index in [0.717, 1.165) is 12.0 Å². The van der Waals surface area contributed by atoms with Crippen molar-refractivity contribution in [3.63, 3.8) is 0 Å². The molecule has 0 aromatic heterocycles. The van der Waals surface area contributed by atoms with Crippen molar-refractivity contribution >= 4 is 35.2 Å². The Hall–Kier alpha value is -1.81. The molecule has 5 heteroatoms. The molecule has 1 aliphatic rings. The Morgan fingerprint density at radius 1 is 1.17 bits per heavy atom. The minimum Gasteiger partial charge on any atom is -0.359 e. The number of rotatable bonds is 4. The molecule has 2 aromatic rings. The van der Waals surface area contributed by atoms with Crippen molar-refractivity contribution in [1.82, 2.24) is 4.90 Å². The standard InChI is InChI=1S/C19H17Cl2NO2/c20-17-8-6-15(11-18(17)21)7-9-19(23)22-13-24-12-16(22)10-14-4-2-1-3-5-14/h1-9,11,16H,10,12-13H2. The molecule has 124 valence electrons. The Bertz CT molecular complexity index is 746. The van der Waals surface area contributed by atoms with E-state index in [-0.39, 0.29) is 11.9 Å². The van der Waals surface area contributed by atoms with Crippen LogP contribution < -0.4 is 0 Å². The number of hydrogen-bond acceptors (Lipinski definition) is 2. The maximum absolute atomic E-state index is 12.5. The molecule has 0 bridgehead atoms. The van der Waals surface area contributed by atoms with Crippen LogP contribution >= 0.6 is 23.2 Å². The highest BCUT2D eigenvalue weighted by molar-refractivity contribution is 6.42. The lowest BCUT2D eigenvalue weighted by Gasteiger charge is -2.21. The third-order valence-corrected chi connectivity index (χ3v) is 4.68. The van der Waals surface area contributed by atoms with Gasteiger partial charge >= 0.3 is 0 Å². The average Bonchev–Trinajstić information content (AvgIpc) is 3.05. The molecule has 3 rings (SSSR count). The largest absolute Gasteiger partial charge is 0.359 e. The minimum atomic E-state index is -0.0699. The van der Waals surface area contributed by atoms with Crippen molar-refractivity contribution in [2.75, 3.05) is 13.3 Å². The van der Waals surface area contributed by atoms with Crippen LogP contribution in [0.25, 0.3) is 6.08 Å². The van der Waals surface area contributed by atoms with Gasteiger partial charge in [-0.1, -0.05) is 59.6 Å². The summed E-state index contributed by atoms with van der Waals surface area (Å²) < 4.78 is 5.48. The lowest BCUT2D eigenvalue weighted by molar-refractivity contribution is -0.127. The second-order valence-corrected chi connectivity index (χ2v) is 6.47. The number of amides is 1. The molecule has 0 saturated carbocycles. The lowest BCUT2D eigenvalue weighted by Crippen LogP contribution is -2.36. The van der Waals surface area contributed by atoms with Crippen LogP contribution in [0.1, 0.15) is 11.1 Å². The molecule has 1 amide bonds. The zero-order valence-corrected chi connectivity index (χ0v) is 14.5. The summed E-state index contributed by atoms with van der Waals surface area (Å²) in [7, 11) is 0. The van der Waals surface area contributed by atoms with Gasteiger partial charge in [-0.3, -0.25) is 4.79 Å². The number of nitrogens with zero attached hydrogens (tertiary/aromatic N) is 1. The first-order valence-corrected chi connectivity index (χ1v) is 8.44.